The van der Waals surface area contributed by atoms with Crippen LogP contribution in [0, 0.1) is 0 Å². The van der Waals surface area contributed by atoms with Gasteiger partial charge in [-0.25, -0.2) is 13.4 Å². The number of para-hydroxylation sites is 1. The number of nitrogens with zero attached hydrogens (tertiary/aromatic N) is 2. The normalized spacial score (nSPS) is 13.0. The minimum atomic E-state index is -3.78. The standard InChI is InChI=1S/C14H15N3O4S/c1-17(2)13-7-6-10(8-15-13)16-22(18,19)12-5-3-4-11-14(12)21-9-20-11/h3-8,16H,9H2,1-2H3. The predicted molar refractivity (Wildman–Crippen MR) is 81.9 cm³/mol. The van der Waals surface area contributed by atoms with Crippen molar-refractivity contribution in [2.24, 2.45) is 0 Å². The minimum Gasteiger partial charge on any atom is -0.454 e. The highest BCUT2D eigenvalue weighted by atomic mass is 32.2. The van der Waals surface area contributed by atoms with Gasteiger partial charge in [0, 0.05) is 14.1 Å². The number of nitrogens with one attached hydrogen (secondary N) is 1. The van der Waals surface area contributed by atoms with Crippen LogP contribution >= 0.6 is 0 Å². The predicted octanol–water partition coefficient (Wildman–Crippen LogP) is 1.68. The molecule has 0 radical (unpaired) electrons. The number of hydrogen-bond donors (Lipinski definition) is 1. The zero-order valence-electron chi connectivity index (χ0n) is 12.1. The minimum absolute atomic E-state index is 0.0148. The van der Waals surface area contributed by atoms with E-state index in [4.69, 9.17) is 9.47 Å². The average molecular weight is 321 g/mol. The molecular weight excluding hydrogens is 306 g/mol. The van der Waals surface area contributed by atoms with Gasteiger partial charge in [-0.3, -0.25) is 4.72 Å². The molecule has 0 saturated heterocycles. The van der Waals surface area contributed by atoms with Crippen molar-refractivity contribution in [2.45, 2.75) is 4.90 Å². The Labute approximate surface area is 128 Å². The molecule has 0 atom stereocenters. The Bertz CT molecular complexity index is 788. The first-order valence-corrected chi connectivity index (χ1v) is 8.00. The molecule has 1 N–H and O–H groups in total. The Morgan fingerprint density at radius 1 is 1.18 bits per heavy atom. The molecule has 0 saturated carbocycles. The summed E-state index contributed by atoms with van der Waals surface area (Å²) in [5.41, 5.74) is 0.377. The lowest BCUT2D eigenvalue weighted by Crippen LogP contribution is -2.15. The number of rotatable bonds is 4. The third-order valence-electron chi connectivity index (χ3n) is 3.11. The summed E-state index contributed by atoms with van der Waals surface area (Å²) in [7, 11) is -0.0644. The number of hydrogen-bond acceptors (Lipinski definition) is 6. The van der Waals surface area contributed by atoms with E-state index in [0.717, 1.165) is 5.82 Å². The van der Waals surface area contributed by atoms with E-state index in [-0.39, 0.29) is 17.4 Å². The zero-order chi connectivity index (χ0) is 15.7. The van der Waals surface area contributed by atoms with Crippen LogP contribution < -0.4 is 19.1 Å². The van der Waals surface area contributed by atoms with Crippen LogP contribution in [-0.2, 0) is 10.0 Å². The quantitative estimate of drug-likeness (QED) is 0.923. The van der Waals surface area contributed by atoms with E-state index in [2.05, 4.69) is 9.71 Å². The van der Waals surface area contributed by atoms with E-state index in [1.807, 2.05) is 19.0 Å². The van der Waals surface area contributed by atoms with Crippen LogP contribution in [0.15, 0.2) is 41.4 Å². The maximum Gasteiger partial charge on any atom is 0.265 e. The number of fused-ring (bicyclic) bond motifs is 1. The molecule has 22 heavy (non-hydrogen) atoms. The van der Waals surface area contributed by atoms with E-state index < -0.39 is 10.0 Å². The van der Waals surface area contributed by atoms with Gasteiger partial charge in [0.25, 0.3) is 10.0 Å². The molecule has 2 aromatic rings. The molecule has 3 rings (SSSR count). The fourth-order valence-electron chi connectivity index (χ4n) is 2.04. The first-order valence-electron chi connectivity index (χ1n) is 6.52. The lowest BCUT2D eigenvalue weighted by molar-refractivity contribution is 0.172. The van der Waals surface area contributed by atoms with Crippen molar-refractivity contribution in [3.05, 3.63) is 36.5 Å². The third kappa shape index (κ3) is 2.64. The lowest BCUT2D eigenvalue weighted by Gasteiger charge is -2.13. The molecule has 7 nitrogen and oxygen atoms in total. The van der Waals surface area contributed by atoms with Gasteiger partial charge >= 0.3 is 0 Å². The maximum atomic E-state index is 12.5. The summed E-state index contributed by atoms with van der Waals surface area (Å²) in [4.78, 5) is 6.04. The van der Waals surface area contributed by atoms with Gasteiger partial charge in [0.05, 0.1) is 11.9 Å². The average Bonchev–Trinajstić information content (AvgIpc) is 2.95. The van der Waals surface area contributed by atoms with E-state index in [1.165, 1.54) is 12.3 Å². The van der Waals surface area contributed by atoms with Crippen molar-refractivity contribution < 1.29 is 17.9 Å². The van der Waals surface area contributed by atoms with Gasteiger partial charge in [-0.05, 0) is 24.3 Å². The number of anilines is 2. The lowest BCUT2D eigenvalue weighted by atomic mass is 10.3. The third-order valence-corrected chi connectivity index (χ3v) is 4.51. The van der Waals surface area contributed by atoms with Crippen LogP contribution in [0.4, 0.5) is 11.5 Å². The monoisotopic (exact) mass is 321 g/mol. The Hall–Kier alpha value is -2.48. The number of ether oxygens (including phenoxy) is 2. The molecule has 116 valence electrons. The van der Waals surface area contributed by atoms with Crippen molar-refractivity contribution in [1.82, 2.24) is 4.98 Å². The second kappa shape index (κ2) is 5.38. The summed E-state index contributed by atoms with van der Waals surface area (Å²) in [5.74, 6) is 1.39. The summed E-state index contributed by atoms with van der Waals surface area (Å²) >= 11 is 0. The molecule has 0 fully saturated rings. The first kappa shape index (κ1) is 14.5. The smallest absolute Gasteiger partial charge is 0.265 e. The Kier molecular flexibility index (Phi) is 3.53. The van der Waals surface area contributed by atoms with Crippen LogP contribution in [0.5, 0.6) is 11.5 Å². The van der Waals surface area contributed by atoms with E-state index >= 15 is 0 Å². The molecule has 8 heteroatoms. The molecule has 1 aromatic heterocycles. The maximum absolute atomic E-state index is 12.5. The number of pyridine rings is 1. The fourth-order valence-corrected chi connectivity index (χ4v) is 3.24. The molecule has 0 spiro atoms. The van der Waals surface area contributed by atoms with Crippen LogP contribution in [0.1, 0.15) is 0 Å². The second-order valence-corrected chi connectivity index (χ2v) is 6.55. The summed E-state index contributed by atoms with van der Waals surface area (Å²) in [6.07, 6.45) is 1.47. The van der Waals surface area contributed by atoms with Crippen LogP contribution in [-0.4, -0.2) is 34.3 Å². The number of benzene rings is 1. The van der Waals surface area contributed by atoms with E-state index in [0.29, 0.717) is 11.4 Å². The van der Waals surface area contributed by atoms with Gasteiger partial charge in [0.15, 0.2) is 11.5 Å². The van der Waals surface area contributed by atoms with Crippen molar-refractivity contribution in [3.63, 3.8) is 0 Å². The SMILES string of the molecule is CN(C)c1ccc(NS(=O)(=O)c2cccc3c2OCO3)cn1. The summed E-state index contributed by atoms with van der Waals surface area (Å²) < 4.78 is 37.9. The van der Waals surface area contributed by atoms with Crippen LogP contribution in [0.25, 0.3) is 0 Å². The van der Waals surface area contributed by atoms with Gasteiger partial charge in [0.2, 0.25) is 6.79 Å². The number of sulfonamides is 1. The van der Waals surface area contributed by atoms with Gasteiger partial charge in [-0.1, -0.05) is 6.07 Å². The van der Waals surface area contributed by atoms with Crippen molar-refractivity contribution in [1.29, 1.82) is 0 Å². The van der Waals surface area contributed by atoms with Gasteiger partial charge < -0.3 is 14.4 Å². The number of aromatic nitrogens is 1. The van der Waals surface area contributed by atoms with Crippen LogP contribution in [0.3, 0.4) is 0 Å². The van der Waals surface area contributed by atoms with E-state index in [9.17, 15) is 8.42 Å². The topological polar surface area (TPSA) is 80.8 Å². The summed E-state index contributed by atoms with van der Waals surface area (Å²) in [5, 5.41) is 0. The molecular formula is C14H15N3O4S. The van der Waals surface area contributed by atoms with Gasteiger partial charge in [-0.2, -0.15) is 0 Å². The molecule has 1 aromatic carbocycles. The molecule has 1 aliphatic rings. The van der Waals surface area contributed by atoms with Gasteiger partial charge in [0.1, 0.15) is 10.7 Å². The summed E-state index contributed by atoms with van der Waals surface area (Å²) in [6.45, 7) is 0.0148. The molecule has 0 aliphatic carbocycles. The van der Waals surface area contributed by atoms with Crippen molar-refractivity contribution in [2.75, 3.05) is 30.5 Å². The molecule has 1 aliphatic heterocycles. The molecule has 0 bridgehead atoms. The van der Waals surface area contributed by atoms with E-state index in [1.54, 1.807) is 24.3 Å². The second-order valence-electron chi connectivity index (χ2n) is 4.89. The van der Waals surface area contributed by atoms with Crippen molar-refractivity contribution >= 4 is 21.5 Å². The summed E-state index contributed by atoms with van der Waals surface area (Å²) in [6, 6.07) is 8.12. The zero-order valence-corrected chi connectivity index (χ0v) is 12.9. The molecule has 0 amide bonds. The highest BCUT2D eigenvalue weighted by molar-refractivity contribution is 7.92. The molecule has 0 unspecified atom stereocenters. The fraction of sp³-hybridized carbons (Fsp3) is 0.214. The van der Waals surface area contributed by atoms with Crippen LogP contribution in [0.2, 0.25) is 0 Å². The van der Waals surface area contributed by atoms with Crippen molar-refractivity contribution in [3.8, 4) is 11.5 Å². The Morgan fingerprint density at radius 2 is 2.00 bits per heavy atom. The molecule has 2 heterocycles. The highest BCUT2D eigenvalue weighted by Gasteiger charge is 2.26. The van der Waals surface area contributed by atoms with Gasteiger partial charge in [-0.15, -0.1) is 0 Å². The Balaban J connectivity index is 1.90. The largest absolute Gasteiger partial charge is 0.454 e. The first-order chi connectivity index (χ1) is 10.5. The highest BCUT2D eigenvalue weighted by Crippen LogP contribution is 2.38. The Morgan fingerprint density at radius 3 is 2.68 bits per heavy atom.